The normalized spacial score (nSPS) is 14.7. The number of halogens is 1. The molecule has 7 heteroatoms. The third-order valence-corrected chi connectivity index (χ3v) is 4.91. The van der Waals surface area contributed by atoms with Gasteiger partial charge in [0, 0.05) is 37.7 Å². The minimum Gasteiger partial charge on any atom is -0.484 e. The van der Waals surface area contributed by atoms with E-state index in [-0.39, 0.29) is 18.9 Å². The average molecular weight is 403 g/mol. The maximum atomic E-state index is 12.4. The van der Waals surface area contributed by atoms with Gasteiger partial charge < -0.3 is 14.7 Å². The Morgan fingerprint density at radius 3 is 2.39 bits per heavy atom. The highest BCUT2D eigenvalue weighted by Gasteiger charge is 2.21. The highest BCUT2D eigenvalue weighted by Crippen LogP contribution is 2.15. The summed E-state index contributed by atoms with van der Waals surface area (Å²) >= 11 is 5.92. The Labute approximate surface area is 169 Å². The quantitative estimate of drug-likeness (QED) is 0.771. The van der Waals surface area contributed by atoms with Crippen molar-refractivity contribution in [2.75, 3.05) is 32.8 Å². The summed E-state index contributed by atoms with van der Waals surface area (Å²) in [6.45, 7) is 3.73. The highest BCUT2D eigenvalue weighted by atomic mass is 35.5. The molecule has 1 saturated heterocycles. The largest absolute Gasteiger partial charge is 0.484 e. The third kappa shape index (κ3) is 5.97. The fourth-order valence-electron chi connectivity index (χ4n) is 3.16. The Morgan fingerprint density at radius 1 is 1.00 bits per heavy atom. The van der Waals surface area contributed by atoms with E-state index >= 15 is 0 Å². The van der Waals surface area contributed by atoms with Crippen LogP contribution in [-0.2, 0) is 22.6 Å². The summed E-state index contributed by atoms with van der Waals surface area (Å²) in [5.41, 5.74) is 1.85. The molecule has 0 aliphatic carbocycles. The van der Waals surface area contributed by atoms with E-state index in [1.807, 2.05) is 24.3 Å². The van der Waals surface area contributed by atoms with E-state index in [1.54, 1.807) is 29.2 Å². The Balaban J connectivity index is 1.44. The van der Waals surface area contributed by atoms with Crippen LogP contribution in [0.25, 0.3) is 0 Å². The number of aliphatic carboxylic acids is 1. The maximum Gasteiger partial charge on any atom is 0.307 e. The number of carbonyl (C=O) groups excluding carboxylic acids is 1. The van der Waals surface area contributed by atoms with E-state index in [4.69, 9.17) is 21.4 Å². The number of carboxylic acids is 1. The molecule has 1 fully saturated rings. The van der Waals surface area contributed by atoms with Crippen LogP contribution in [0.5, 0.6) is 5.75 Å². The SMILES string of the molecule is O=C(O)Cc1cccc(OCC(=O)N2CCN(Cc3ccc(Cl)cc3)CC2)c1. The summed E-state index contributed by atoms with van der Waals surface area (Å²) in [6, 6.07) is 14.7. The smallest absolute Gasteiger partial charge is 0.307 e. The van der Waals surface area contributed by atoms with Gasteiger partial charge in [-0.25, -0.2) is 0 Å². The summed E-state index contributed by atoms with van der Waals surface area (Å²) in [4.78, 5) is 27.3. The Hall–Kier alpha value is -2.57. The summed E-state index contributed by atoms with van der Waals surface area (Å²) in [5, 5.41) is 9.59. The third-order valence-electron chi connectivity index (χ3n) is 4.66. The lowest BCUT2D eigenvalue weighted by atomic mass is 10.1. The standard InChI is InChI=1S/C21H23ClN2O4/c22-18-6-4-16(5-7-18)14-23-8-10-24(11-9-23)20(25)15-28-19-3-1-2-17(12-19)13-21(26)27/h1-7,12H,8-11,13-15H2,(H,26,27). The first-order valence-electron chi connectivity index (χ1n) is 9.18. The number of benzene rings is 2. The molecule has 0 saturated carbocycles. The van der Waals surface area contributed by atoms with Crippen molar-refractivity contribution >= 4 is 23.5 Å². The molecular weight excluding hydrogens is 380 g/mol. The van der Waals surface area contributed by atoms with Crippen LogP contribution in [0.2, 0.25) is 5.02 Å². The van der Waals surface area contributed by atoms with E-state index in [1.165, 1.54) is 5.56 Å². The lowest BCUT2D eigenvalue weighted by Gasteiger charge is -2.34. The number of piperazine rings is 1. The Kier molecular flexibility index (Phi) is 6.90. The van der Waals surface area contributed by atoms with E-state index in [0.717, 1.165) is 24.7 Å². The number of carboxylic acid groups (broad SMARTS) is 1. The van der Waals surface area contributed by atoms with Crippen LogP contribution in [0.3, 0.4) is 0 Å². The van der Waals surface area contributed by atoms with Crippen LogP contribution in [0.1, 0.15) is 11.1 Å². The fraction of sp³-hybridized carbons (Fsp3) is 0.333. The van der Waals surface area contributed by atoms with Gasteiger partial charge in [0.1, 0.15) is 5.75 Å². The van der Waals surface area contributed by atoms with Gasteiger partial charge in [0.15, 0.2) is 6.61 Å². The summed E-state index contributed by atoms with van der Waals surface area (Å²) in [5.74, 6) is -0.451. The van der Waals surface area contributed by atoms with Gasteiger partial charge in [-0.05, 0) is 35.4 Å². The average Bonchev–Trinajstić information content (AvgIpc) is 2.68. The number of hydrogen-bond acceptors (Lipinski definition) is 4. The number of ether oxygens (including phenoxy) is 1. The molecule has 148 valence electrons. The number of carbonyl (C=O) groups is 2. The van der Waals surface area contributed by atoms with Gasteiger partial charge in [-0.3, -0.25) is 14.5 Å². The molecule has 1 amide bonds. The van der Waals surface area contributed by atoms with Gasteiger partial charge in [-0.2, -0.15) is 0 Å². The van der Waals surface area contributed by atoms with Gasteiger partial charge >= 0.3 is 5.97 Å². The van der Waals surface area contributed by atoms with Crippen LogP contribution in [-0.4, -0.2) is 59.6 Å². The van der Waals surface area contributed by atoms with Crippen molar-refractivity contribution < 1.29 is 19.4 Å². The van der Waals surface area contributed by atoms with Gasteiger partial charge in [-0.1, -0.05) is 35.9 Å². The molecule has 1 aliphatic rings. The first-order chi connectivity index (χ1) is 13.5. The topological polar surface area (TPSA) is 70.1 Å². The molecule has 0 bridgehead atoms. The van der Waals surface area contributed by atoms with Crippen molar-refractivity contribution in [3.63, 3.8) is 0 Å². The van der Waals surface area contributed by atoms with Gasteiger partial charge in [0.25, 0.3) is 5.91 Å². The van der Waals surface area contributed by atoms with Gasteiger partial charge in [-0.15, -0.1) is 0 Å². The molecule has 28 heavy (non-hydrogen) atoms. The Morgan fingerprint density at radius 2 is 1.71 bits per heavy atom. The van der Waals surface area contributed by atoms with Crippen molar-refractivity contribution in [1.82, 2.24) is 9.80 Å². The van der Waals surface area contributed by atoms with E-state index in [9.17, 15) is 9.59 Å². The van der Waals surface area contributed by atoms with Crippen molar-refractivity contribution in [2.24, 2.45) is 0 Å². The predicted molar refractivity (Wildman–Crippen MR) is 107 cm³/mol. The summed E-state index contributed by atoms with van der Waals surface area (Å²) in [7, 11) is 0. The maximum absolute atomic E-state index is 12.4. The van der Waals surface area contributed by atoms with Gasteiger partial charge in [0.2, 0.25) is 0 Å². The van der Waals surface area contributed by atoms with Crippen molar-refractivity contribution in [3.8, 4) is 5.75 Å². The summed E-state index contributed by atoms with van der Waals surface area (Å²) in [6.07, 6.45) is -0.0687. The Bertz CT molecular complexity index is 817. The lowest BCUT2D eigenvalue weighted by molar-refractivity contribution is -0.136. The molecule has 1 N–H and O–H groups in total. The van der Waals surface area contributed by atoms with Crippen molar-refractivity contribution in [1.29, 1.82) is 0 Å². The molecule has 0 aromatic heterocycles. The second-order valence-corrected chi connectivity index (χ2v) is 7.23. The van der Waals surface area contributed by atoms with Crippen LogP contribution in [0.15, 0.2) is 48.5 Å². The number of nitrogens with zero attached hydrogens (tertiary/aromatic N) is 2. The molecule has 0 unspecified atom stereocenters. The second kappa shape index (κ2) is 9.57. The van der Waals surface area contributed by atoms with Crippen LogP contribution >= 0.6 is 11.6 Å². The first-order valence-corrected chi connectivity index (χ1v) is 9.55. The van der Waals surface area contributed by atoms with Crippen molar-refractivity contribution in [3.05, 3.63) is 64.7 Å². The molecule has 1 aliphatic heterocycles. The predicted octanol–water partition coefficient (Wildman–Crippen LogP) is 2.69. The molecule has 2 aromatic rings. The van der Waals surface area contributed by atoms with Crippen LogP contribution in [0.4, 0.5) is 0 Å². The zero-order chi connectivity index (χ0) is 19.9. The number of amides is 1. The first kappa shape index (κ1) is 20.2. The summed E-state index contributed by atoms with van der Waals surface area (Å²) < 4.78 is 5.57. The zero-order valence-corrected chi connectivity index (χ0v) is 16.3. The number of hydrogen-bond donors (Lipinski definition) is 1. The van der Waals surface area contributed by atoms with E-state index in [2.05, 4.69) is 4.90 Å². The number of rotatable bonds is 7. The van der Waals surface area contributed by atoms with E-state index in [0.29, 0.717) is 24.4 Å². The van der Waals surface area contributed by atoms with E-state index < -0.39 is 5.97 Å². The fourth-order valence-corrected chi connectivity index (χ4v) is 3.29. The molecule has 6 nitrogen and oxygen atoms in total. The molecule has 0 spiro atoms. The zero-order valence-electron chi connectivity index (χ0n) is 15.5. The van der Waals surface area contributed by atoms with Crippen LogP contribution < -0.4 is 4.74 Å². The molecule has 0 radical (unpaired) electrons. The molecule has 0 atom stereocenters. The van der Waals surface area contributed by atoms with Crippen molar-refractivity contribution in [2.45, 2.75) is 13.0 Å². The van der Waals surface area contributed by atoms with Gasteiger partial charge in [0.05, 0.1) is 6.42 Å². The molecule has 3 rings (SSSR count). The monoisotopic (exact) mass is 402 g/mol. The lowest BCUT2D eigenvalue weighted by Crippen LogP contribution is -2.49. The molecule has 2 aromatic carbocycles. The second-order valence-electron chi connectivity index (χ2n) is 6.79. The minimum atomic E-state index is -0.898. The van der Waals surface area contributed by atoms with Crippen LogP contribution in [0, 0.1) is 0 Å². The minimum absolute atomic E-state index is 0.0479. The molecule has 1 heterocycles. The molecular formula is C21H23ClN2O4. The highest BCUT2D eigenvalue weighted by molar-refractivity contribution is 6.30.